The fourth-order valence-electron chi connectivity index (χ4n) is 5.56. The van der Waals surface area contributed by atoms with E-state index >= 15 is 0 Å². The molecule has 0 amide bonds. The summed E-state index contributed by atoms with van der Waals surface area (Å²) in [7, 11) is 0. The zero-order valence-electron chi connectivity index (χ0n) is 19.5. The van der Waals surface area contributed by atoms with Crippen LogP contribution in [0.4, 0.5) is 0 Å². The molecule has 164 valence electrons. The molecule has 0 fully saturated rings. The zero-order valence-corrected chi connectivity index (χ0v) is 19.5. The lowest BCUT2D eigenvalue weighted by atomic mass is 9.68. The number of allylic oxidation sites excluding steroid dienone is 7. The number of phenolic OH excluding ortho intramolecular Hbond substituents is 1. The minimum Gasteiger partial charge on any atom is -0.508 e. The van der Waals surface area contributed by atoms with Gasteiger partial charge in [-0.1, -0.05) is 63.6 Å². The summed E-state index contributed by atoms with van der Waals surface area (Å²) in [5.74, 6) is 0.591. The van der Waals surface area contributed by atoms with Gasteiger partial charge in [-0.25, -0.2) is 0 Å². The van der Waals surface area contributed by atoms with E-state index in [1.165, 1.54) is 12.0 Å². The Labute approximate surface area is 186 Å². The fourth-order valence-corrected chi connectivity index (χ4v) is 5.56. The first-order valence-corrected chi connectivity index (χ1v) is 11.5. The second-order valence-corrected chi connectivity index (χ2v) is 10.9. The average molecular weight is 418 g/mol. The van der Waals surface area contributed by atoms with Crippen LogP contribution in [0.15, 0.2) is 71.1 Å². The van der Waals surface area contributed by atoms with Crippen LogP contribution in [0.3, 0.4) is 0 Å². The first-order chi connectivity index (χ1) is 14.6. The Balaban J connectivity index is 1.74. The number of rotatable bonds is 3. The summed E-state index contributed by atoms with van der Waals surface area (Å²) in [4.78, 5) is 13.1. The van der Waals surface area contributed by atoms with Gasteiger partial charge in [0, 0.05) is 40.8 Å². The van der Waals surface area contributed by atoms with E-state index in [4.69, 9.17) is 0 Å². The van der Waals surface area contributed by atoms with E-state index in [9.17, 15) is 9.90 Å². The van der Waals surface area contributed by atoms with Gasteiger partial charge in [-0.3, -0.25) is 4.79 Å². The third kappa shape index (κ3) is 4.28. The number of benzene rings is 1. The van der Waals surface area contributed by atoms with Crippen LogP contribution in [0.25, 0.3) is 0 Å². The molecule has 4 rings (SSSR count). The van der Waals surface area contributed by atoms with Crippen molar-refractivity contribution in [1.29, 1.82) is 0 Å². The SMILES string of the molecule is CC1=CCCC(C)(C)C1/C=C/C1=CC(c2ccccc2O)C2=C(CC(C)(C)CC2=O)N1. The van der Waals surface area contributed by atoms with Crippen LogP contribution in [-0.4, -0.2) is 10.9 Å². The summed E-state index contributed by atoms with van der Waals surface area (Å²) in [5, 5.41) is 14.1. The summed E-state index contributed by atoms with van der Waals surface area (Å²) in [6.07, 6.45) is 12.7. The standard InChI is InChI=1S/C28H35NO2/c1-18-9-8-14-28(4,5)22(18)13-12-19-15-21(20-10-6-7-11-24(20)30)26-23(29-19)16-27(2,3)17-25(26)31/h6-7,9-13,15,21-22,29-30H,8,14,16-17H2,1-5H3/b13-12+. The molecule has 0 spiro atoms. The molecule has 0 aromatic heterocycles. The number of carbonyl (C=O) groups is 1. The lowest BCUT2D eigenvalue weighted by molar-refractivity contribution is -0.118. The van der Waals surface area contributed by atoms with Gasteiger partial charge < -0.3 is 10.4 Å². The van der Waals surface area contributed by atoms with Crippen molar-refractivity contribution >= 4 is 5.78 Å². The Morgan fingerprint density at radius 3 is 2.58 bits per heavy atom. The summed E-state index contributed by atoms with van der Waals surface area (Å²) in [6.45, 7) is 11.2. The Bertz CT molecular complexity index is 1020. The van der Waals surface area contributed by atoms with Crippen LogP contribution in [0.5, 0.6) is 5.75 Å². The smallest absolute Gasteiger partial charge is 0.162 e. The van der Waals surface area contributed by atoms with Crippen molar-refractivity contribution in [1.82, 2.24) is 5.32 Å². The lowest BCUT2D eigenvalue weighted by Crippen LogP contribution is -2.35. The number of hydrogen-bond acceptors (Lipinski definition) is 3. The van der Waals surface area contributed by atoms with E-state index in [0.29, 0.717) is 12.3 Å². The molecule has 3 nitrogen and oxygen atoms in total. The maximum atomic E-state index is 13.1. The second-order valence-electron chi connectivity index (χ2n) is 10.9. The second kappa shape index (κ2) is 7.85. The first-order valence-electron chi connectivity index (χ1n) is 11.5. The van der Waals surface area contributed by atoms with Crippen LogP contribution in [-0.2, 0) is 4.79 Å². The number of Topliss-reactive ketones (excluding diaryl/α,β-unsaturated/α-hetero) is 1. The zero-order chi connectivity index (χ0) is 22.4. The third-order valence-electron chi connectivity index (χ3n) is 7.20. The van der Waals surface area contributed by atoms with Crippen molar-refractivity contribution < 1.29 is 9.90 Å². The van der Waals surface area contributed by atoms with Gasteiger partial charge in [0.1, 0.15) is 5.75 Å². The van der Waals surface area contributed by atoms with Crippen LogP contribution in [0.2, 0.25) is 0 Å². The van der Waals surface area contributed by atoms with Crippen molar-refractivity contribution in [3.8, 4) is 5.75 Å². The molecular weight excluding hydrogens is 382 g/mol. The van der Waals surface area contributed by atoms with Crippen molar-refractivity contribution in [2.45, 2.75) is 66.2 Å². The molecule has 2 aliphatic carbocycles. The van der Waals surface area contributed by atoms with Crippen LogP contribution >= 0.6 is 0 Å². The van der Waals surface area contributed by atoms with Gasteiger partial charge in [-0.15, -0.1) is 0 Å². The number of carbonyl (C=O) groups excluding carboxylic acids is 1. The maximum Gasteiger partial charge on any atom is 0.162 e. The number of aromatic hydroxyl groups is 1. The highest BCUT2D eigenvalue weighted by atomic mass is 16.3. The Hall–Kier alpha value is -2.55. The highest BCUT2D eigenvalue weighted by Crippen LogP contribution is 2.46. The molecule has 0 radical (unpaired) electrons. The maximum absolute atomic E-state index is 13.1. The summed E-state index contributed by atoms with van der Waals surface area (Å²) < 4.78 is 0. The van der Waals surface area contributed by atoms with E-state index in [0.717, 1.165) is 35.4 Å². The van der Waals surface area contributed by atoms with Crippen LogP contribution in [0.1, 0.15) is 71.8 Å². The topological polar surface area (TPSA) is 49.3 Å². The third-order valence-corrected chi connectivity index (χ3v) is 7.20. The van der Waals surface area contributed by atoms with E-state index in [1.807, 2.05) is 18.2 Å². The minimum atomic E-state index is -0.225. The molecule has 1 aliphatic heterocycles. The molecule has 3 heteroatoms. The average Bonchev–Trinajstić information content (AvgIpc) is 2.65. The number of dihydropyridines is 1. The largest absolute Gasteiger partial charge is 0.508 e. The monoisotopic (exact) mass is 417 g/mol. The quantitative estimate of drug-likeness (QED) is 0.549. The van der Waals surface area contributed by atoms with E-state index in [1.54, 1.807) is 6.07 Å². The van der Waals surface area contributed by atoms with E-state index in [2.05, 4.69) is 64.2 Å². The van der Waals surface area contributed by atoms with E-state index < -0.39 is 0 Å². The molecule has 2 unspecified atom stereocenters. The van der Waals surface area contributed by atoms with Crippen molar-refractivity contribution in [3.05, 3.63) is 76.7 Å². The van der Waals surface area contributed by atoms with Gasteiger partial charge in [0.2, 0.25) is 0 Å². The Morgan fingerprint density at radius 1 is 1.13 bits per heavy atom. The molecule has 3 aliphatic rings. The predicted molar refractivity (Wildman–Crippen MR) is 127 cm³/mol. The van der Waals surface area contributed by atoms with Crippen LogP contribution < -0.4 is 5.32 Å². The summed E-state index contributed by atoms with van der Waals surface area (Å²) in [5.41, 5.74) is 5.21. The molecule has 2 N–H and O–H groups in total. The number of ketones is 1. The van der Waals surface area contributed by atoms with Gasteiger partial charge in [-0.05, 0) is 55.2 Å². The number of para-hydroxylation sites is 1. The molecule has 0 saturated heterocycles. The highest BCUT2D eigenvalue weighted by molar-refractivity contribution is 6.00. The predicted octanol–water partition coefficient (Wildman–Crippen LogP) is 6.54. The highest BCUT2D eigenvalue weighted by Gasteiger charge is 2.39. The Kier molecular flexibility index (Phi) is 5.49. The van der Waals surface area contributed by atoms with Crippen molar-refractivity contribution in [2.24, 2.45) is 16.7 Å². The lowest BCUT2D eigenvalue weighted by Gasteiger charge is -2.38. The van der Waals surface area contributed by atoms with Gasteiger partial charge in [0.05, 0.1) is 0 Å². The summed E-state index contributed by atoms with van der Waals surface area (Å²) >= 11 is 0. The molecule has 1 aromatic rings. The van der Waals surface area contributed by atoms with Gasteiger partial charge >= 0.3 is 0 Å². The number of hydrogen-bond donors (Lipinski definition) is 2. The number of nitrogens with one attached hydrogen (secondary N) is 1. The van der Waals surface area contributed by atoms with E-state index in [-0.39, 0.29) is 28.3 Å². The molecule has 2 atom stereocenters. The van der Waals surface area contributed by atoms with Crippen LogP contribution in [0, 0.1) is 16.7 Å². The summed E-state index contributed by atoms with van der Waals surface area (Å²) in [6, 6.07) is 7.39. The fraction of sp³-hybridized carbons (Fsp3) is 0.464. The van der Waals surface area contributed by atoms with Gasteiger partial charge in [0.25, 0.3) is 0 Å². The number of phenols is 1. The molecule has 1 heterocycles. The van der Waals surface area contributed by atoms with Crippen molar-refractivity contribution in [3.63, 3.8) is 0 Å². The normalized spacial score (nSPS) is 27.5. The first kappa shape index (κ1) is 21.7. The molecule has 0 bridgehead atoms. The van der Waals surface area contributed by atoms with Gasteiger partial charge in [-0.2, -0.15) is 0 Å². The minimum absolute atomic E-state index is 0.0664. The van der Waals surface area contributed by atoms with Crippen molar-refractivity contribution in [2.75, 3.05) is 0 Å². The Morgan fingerprint density at radius 2 is 1.87 bits per heavy atom. The molecular formula is C28H35NO2. The molecule has 31 heavy (non-hydrogen) atoms. The van der Waals surface area contributed by atoms with Gasteiger partial charge in [0.15, 0.2) is 5.78 Å². The molecule has 1 aromatic carbocycles. The molecule has 0 saturated carbocycles.